The Bertz CT molecular complexity index is 488. The van der Waals surface area contributed by atoms with Crippen LogP contribution in [-0.4, -0.2) is 30.3 Å². The van der Waals surface area contributed by atoms with Gasteiger partial charge >= 0.3 is 0 Å². The molecule has 1 unspecified atom stereocenters. The molecular formula is C16H25N3O2. The zero-order valence-electron chi connectivity index (χ0n) is 13.1. The third-order valence-electron chi connectivity index (χ3n) is 3.51. The second-order valence-corrected chi connectivity index (χ2v) is 5.35. The van der Waals surface area contributed by atoms with Crippen LogP contribution in [0.3, 0.4) is 0 Å². The fraction of sp³-hybridized carbons (Fsp3) is 0.500. The van der Waals surface area contributed by atoms with Gasteiger partial charge in [-0.05, 0) is 31.0 Å². The summed E-state index contributed by atoms with van der Waals surface area (Å²) in [5.74, 6) is -0.0963. The van der Waals surface area contributed by atoms with Crippen LogP contribution in [0.2, 0.25) is 0 Å². The minimum absolute atomic E-state index is 0.00700. The number of benzene rings is 1. The fourth-order valence-electron chi connectivity index (χ4n) is 1.96. The molecule has 5 heteroatoms. The highest BCUT2D eigenvalue weighted by Gasteiger charge is 2.14. The largest absolute Gasteiger partial charge is 0.342 e. The maximum Gasteiger partial charge on any atom is 0.227 e. The second-order valence-electron chi connectivity index (χ2n) is 5.35. The molecule has 3 N–H and O–H groups in total. The van der Waals surface area contributed by atoms with E-state index in [1.165, 1.54) is 6.92 Å². The van der Waals surface area contributed by atoms with E-state index in [2.05, 4.69) is 5.32 Å². The summed E-state index contributed by atoms with van der Waals surface area (Å²) in [6, 6.07) is 7.55. The molecule has 0 saturated heterocycles. The number of carbonyl (C=O) groups excluding carboxylic acids is 2. The van der Waals surface area contributed by atoms with Crippen molar-refractivity contribution >= 4 is 17.5 Å². The standard InChI is InChI=1S/C16H25N3O2/c1-12(7-6-10-17)16(21)18-15-9-5-4-8-14(15)11-19(3)13(2)20/h4-5,8-9,12H,6-7,10-11,17H2,1-3H3,(H,18,21). The highest BCUT2D eigenvalue weighted by Crippen LogP contribution is 2.18. The SMILES string of the molecule is CC(=O)N(C)Cc1ccccc1NC(=O)C(C)CCCN. The molecule has 0 aliphatic carbocycles. The Balaban J connectivity index is 2.74. The van der Waals surface area contributed by atoms with Crippen molar-refractivity contribution in [2.45, 2.75) is 33.2 Å². The fourth-order valence-corrected chi connectivity index (χ4v) is 1.96. The van der Waals surface area contributed by atoms with Crippen molar-refractivity contribution in [2.75, 3.05) is 18.9 Å². The maximum absolute atomic E-state index is 12.2. The lowest BCUT2D eigenvalue weighted by atomic mass is 10.0. The number of amides is 2. The minimum Gasteiger partial charge on any atom is -0.342 e. The number of para-hydroxylation sites is 1. The number of rotatable bonds is 7. The number of carbonyl (C=O) groups is 2. The van der Waals surface area contributed by atoms with Crippen molar-refractivity contribution in [2.24, 2.45) is 11.7 Å². The summed E-state index contributed by atoms with van der Waals surface area (Å²) < 4.78 is 0. The van der Waals surface area contributed by atoms with Gasteiger partial charge in [0.05, 0.1) is 0 Å². The first-order valence-corrected chi connectivity index (χ1v) is 7.26. The lowest BCUT2D eigenvalue weighted by Gasteiger charge is -2.19. The van der Waals surface area contributed by atoms with Gasteiger partial charge in [0.25, 0.3) is 0 Å². The third kappa shape index (κ3) is 5.55. The molecular weight excluding hydrogens is 266 g/mol. The molecule has 0 fully saturated rings. The summed E-state index contributed by atoms with van der Waals surface area (Å²) >= 11 is 0. The van der Waals surface area contributed by atoms with Crippen molar-refractivity contribution in [1.29, 1.82) is 0 Å². The molecule has 0 spiro atoms. The van der Waals surface area contributed by atoms with Crippen LogP contribution in [0.5, 0.6) is 0 Å². The molecule has 0 heterocycles. The predicted octanol–water partition coefficient (Wildman–Crippen LogP) is 1.98. The van der Waals surface area contributed by atoms with E-state index in [4.69, 9.17) is 5.73 Å². The number of hydrogen-bond acceptors (Lipinski definition) is 3. The normalized spacial score (nSPS) is 11.8. The van der Waals surface area contributed by atoms with Gasteiger partial charge in [0, 0.05) is 32.1 Å². The molecule has 0 aromatic heterocycles. The van der Waals surface area contributed by atoms with Crippen molar-refractivity contribution in [3.8, 4) is 0 Å². The second kappa shape index (κ2) is 8.42. The molecule has 0 aliphatic rings. The number of nitrogens with two attached hydrogens (primary N) is 1. The maximum atomic E-state index is 12.2. The number of anilines is 1. The third-order valence-corrected chi connectivity index (χ3v) is 3.51. The number of nitrogens with one attached hydrogen (secondary N) is 1. The minimum atomic E-state index is -0.0767. The smallest absolute Gasteiger partial charge is 0.227 e. The van der Waals surface area contributed by atoms with Crippen molar-refractivity contribution in [3.05, 3.63) is 29.8 Å². The van der Waals surface area contributed by atoms with Crippen LogP contribution >= 0.6 is 0 Å². The summed E-state index contributed by atoms with van der Waals surface area (Å²) in [7, 11) is 1.74. The Labute approximate surface area is 126 Å². The van der Waals surface area contributed by atoms with Crippen LogP contribution in [0.25, 0.3) is 0 Å². The first-order chi connectivity index (χ1) is 9.95. The number of hydrogen-bond donors (Lipinski definition) is 2. The number of nitrogens with zero attached hydrogens (tertiary/aromatic N) is 1. The molecule has 0 radical (unpaired) electrons. The highest BCUT2D eigenvalue weighted by atomic mass is 16.2. The van der Waals surface area contributed by atoms with Crippen LogP contribution < -0.4 is 11.1 Å². The molecule has 1 atom stereocenters. The molecule has 0 bridgehead atoms. The van der Waals surface area contributed by atoms with E-state index in [1.54, 1.807) is 11.9 Å². The molecule has 1 aromatic carbocycles. The Morgan fingerprint density at radius 1 is 1.33 bits per heavy atom. The van der Waals surface area contributed by atoms with Gasteiger partial charge in [-0.1, -0.05) is 25.1 Å². The molecule has 116 valence electrons. The van der Waals surface area contributed by atoms with Crippen LogP contribution in [0.15, 0.2) is 24.3 Å². The summed E-state index contributed by atoms with van der Waals surface area (Å²) in [6.07, 6.45) is 1.61. The van der Waals surface area contributed by atoms with Gasteiger partial charge in [0.15, 0.2) is 0 Å². The molecule has 0 saturated carbocycles. The van der Waals surface area contributed by atoms with Crippen molar-refractivity contribution < 1.29 is 9.59 Å². The molecule has 21 heavy (non-hydrogen) atoms. The van der Waals surface area contributed by atoms with Gasteiger partial charge in [-0.25, -0.2) is 0 Å². The molecule has 1 rings (SSSR count). The Kier molecular flexibility index (Phi) is 6.88. The highest BCUT2D eigenvalue weighted by molar-refractivity contribution is 5.93. The first kappa shape index (κ1) is 17.2. The van der Waals surface area contributed by atoms with Gasteiger partial charge in [-0.2, -0.15) is 0 Å². The van der Waals surface area contributed by atoms with E-state index in [9.17, 15) is 9.59 Å². The lowest BCUT2D eigenvalue weighted by molar-refractivity contribution is -0.128. The van der Waals surface area contributed by atoms with Gasteiger partial charge in [-0.3, -0.25) is 9.59 Å². The van der Waals surface area contributed by atoms with E-state index in [-0.39, 0.29) is 17.7 Å². The molecule has 0 aliphatic heterocycles. The summed E-state index contributed by atoms with van der Waals surface area (Å²) in [5, 5.41) is 2.95. The Morgan fingerprint density at radius 2 is 2.00 bits per heavy atom. The van der Waals surface area contributed by atoms with E-state index in [1.807, 2.05) is 31.2 Å². The lowest BCUT2D eigenvalue weighted by Crippen LogP contribution is -2.25. The van der Waals surface area contributed by atoms with E-state index in [0.717, 1.165) is 24.1 Å². The zero-order valence-corrected chi connectivity index (χ0v) is 13.1. The quantitative estimate of drug-likeness (QED) is 0.806. The predicted molar refractivity (Wildman–Crippen MR) is 84.7 cm³/mol. The summed E-state index contributed by atoms with van der Waals surface area (Å²) in [5.41, 5.74) is 7.15. The van der Waals surface area contributed by atoms with Crippen LogP contribution in [0, 0.1) is 5.92 Å². The zero-order chi connectivity index (χ0) is 15.8. The average Bonchev–Trinajstić information content (AvgIpc) is 2.46. The van der Waals surface area contributed by atoms with E-state index in [0.29, 0.717) is 13.1 Å². The Hall–Kier alpha value is -1.88. The monoisotopic (exact) mass is 291 g/mol. The van der Waals surface area contributed by atoms with Crippen molar-refractivity contribution in [1.82, 2.24) is 4.90 Å². The van der Waals surface area contributed by atoms with E-state index < -0.39 is 0 Å². The van der Waals surface area contributed by atoms with Crippen LogP contribution in [-0.2, 0) is 16.1 Å². The first-order valence-electron chi connectivity index (χ1n) is 7.26. The van der Waals surface area contributed by atoms with Crippen molar-refractivity contribution in [3.63, 3.8) is 0 Å². The topological polar surface area (TPSA) is 75.4 Å². The molecule has 2 amide bonds. The summed E-state index contributed by atoms with van der Waals surface area (Å²) in [4.78, 5) is 25.1. The van der Waals surface area contributed by atoms with E-state index >= 15 is 0 Å². The molecule has 1 aromatic rings. The van der Waals surface area contributed by atoms with Gasteiger partial charge in [0.2, 0.25) is 11.8 Å². The van der Waals surface area contributed by atoms with Gasteiger partial charge in [-0.15, -0.1) is 0 Å². The molecule has 5 nitrogen and oxygen atoms in total. The average molecular weight is 291 g/mol. The van der Waals surface area contributed by atoms with Crippen LogP contribution in [0.1, 0.15) is 32.3 Å². The summed E-state index contributed by atoms with van der Waals surface area (Å²) in [6.45, 7) is 4.49. The van der Waals surface area contributed by atoms with Gasteiger partial charge < -0.3 is 16.0 Å². The Morgan fingerprint density at radius 3 is 2.62 bits per heavy atom. The van der Waals surface area contributed by atoms with Crippen LogP contribution in [0.4, 0.5) is 5.69 Å². The van der Waals surface area contributed by atoms with Gasteiger partial charge in [0.1, 0.15) is 0 Å².